The summed E-state index contributed by atoms with van der Waals surface area (Å²) < 4.78 is 5.57. The lowest BCUT2D eigenvalue weighted by Gasteiger charge is -2.13. The van der Waals surface area contributed by atoms with Gasteiger partial charge in [0.2, 0.25) is 0 Å². The molecule has 0 unspecified atom stereocenters. The van der Waals surface area contributed by atoms with E-state index in [-0.39, 0.29) is 0 Å². The second-order valence-electron chi connectivity index (χ2n) is 5.23. The Morgan fingerprint density at radius 2 is 1.79 bits per heavy atom. The molecule has 1 aromatic carbocycles. The third kappa shape index (κ3) is 3.38. The molecule has 0 bridgehead atoms. The predicted molar refractivity (Wildman–Crippen MR) is 80.4 cm³/mol. The second kappa shape index (κ2) is 5.93. The number of furan rings is 1. The van der Waals surface area contributed by atoms with Gasteiger partial charge >= 0.3 is 0 Å². The topological polar surface area (TPSA) is 28.4 Å². The maximum atomic E-state index is 5.57. The zero-order valence-corrected chi connectivity index (χ0v) is 12.1. The van der Waals surface area contributed by atoms with Gasteiger partial charge in [-0.3, -0.25) is 0 Å². The van der Waals surface area contributed by atoms with Gasteiger partial charge in [0, 0.05) is 31.4 Å². The van der Waals surface area contributed by atoms with Crippen LogP contribution in [-0.2, 0) is 6.54 Å². The van der Waals surface area contributed by atoms with E-state index in [9.17, 15) is 0 Å². The van der Waals surface area contributed by atoms with Crippen molar-refractivity contribution in [3.63, 3.8) is 0 Å². The van der Waals surface area contributed by atoms with Gasteiger partial charge in [-0.1, -0.05) is 26.0 Å². The van der Waals surface area contributed by atoms with Crippen molar-refractivity contribution in [2.45, 2.75) is 26.4 Å². The van der Waals surface area contributed by atoms with Crippen LogP contribution in [0.1, 0.15) is 19.6 Å². The Bertz CT molecular complexity index is 512. The van der Waals surface area contributed by atoms with Crippen LogP contribution in [0.4, 0.5) is 5.69 Å². The van der Waals surface area contributed by atoms with E-state index < -0.39 is 0 Å². The highest BCUT2D eigenvalue weighted by atomic mass is 16.3. The van der Waals surface area contributed by atoms with Crippen molar-refractivity contribution in [3.05, 3.63) is 42.4 Å². The number of benzene rings is 1. The highest BCUT2D eigenvalue weighted by Crippen LogP contribution is 2.26. The first-order chi connectivity index (χ1) is 9.08. The Labute approximate surface area is 115 Å². The van der Waals surface area contributed by atoms with Crippen molar-refractivity contribution in [3.8, 4) is 11.1 Å². The maximum absolute atomic E-state index is 5.57. The normalized spacial score (nSPS) is 11.0. The number of nitrogens with zero attached hydrogens (tertiary/aromatic N) is 1. The van der Waals surface area contributed by atoms with Crippen LogP contribution >= 0.6 is 0 Å². The van der Waals surface area contributed by atoms with Crippen LogP contribution in [0, 0.1) is 0 Å². The summed E-state index contributed by atoms with van der Waals surface area (Å²) in [6.45, 7) is 5.03. The van der Waals surface area contributed by atoms with E-state index in [2.05, 4.69) is 48.3 Å². The van der Waals surface area contributed by atoms with Gasteiger partial charge in [-0.05, 0) is 23.8 Å². The zero-order valence-electron chi connectivity index (χ0n) is 12.1. The molecule has 3 nitrogen and oxygen atoms in total. The van der Waals surface area contributed by atoms with Gasteiger partial charge in [-0.2, -0.15) is 0 Å². The fraction of sp³-hybridized carbons (Fsp3) is 0.375. The second-order valence-corrected chi connectivity index (χ2v) is 5.23. The van der Waals surface area contributed by atoms with Gasteiger partial charge in [0.05, 0.1) is 12.8 Å². The molecule has 0 aliphatic heterocycles. The van der Waals surface area contributed by atoms with Crippen LogP contribution in [0.2, 0.25) is 0 Å². The maximum Gasteiger partial charge on any atom is 0.125 e. The fourth-order valence-electron chi connectivity index (χ4n) is 1.97. The van der Waals surface area contributed by atoms with E-state index in [1.807, 2.05) is 20.2 Å². The summed E-state index contributed by atoms with van der Waals surface area (Å²) in [5.74, 6) is 0.992. The van der Waals surface area contributed by atoms with Crippen molar-refractivity contribution >= 4 is 5.69 Å². The molecular formula is C16H22N2O. The Morgan fingerprint density at radius 1 is 1.11 bits per heavy atom. The molecule has 0 saturated heterocycles. The lowest BCUT2D eigenvalue weighted by atomic mass is 10.1. The number of nitrogens with one attached hydrogen (secondary N) is 1. The highest BCUT2D eigenvalue weighted by Gasteiger charge is 2.09. The minimum Gasteiger partial charge on any atom is -0.467 e. The summed E-state index contributed by atoms with van der Waals surface area (Å²) in [6.07, 6.45) is 1.76. The Hall–Kier alpha value is -1.74. The van der Waals surface area contributed by atoms with Gasteiger partial charge in [-0.25, -0.2) is 0 Å². The standard InChI is InChI=1S/C16H22N2O/c1-12(2)17-11-16-15(9-10-19-16)13-5-7-14(8-6-13)18(3)4/h5-10,12,17H,11H2,1-4H3. The molecule has 1 N–H and O–H groups in total. The quantitative estimate of drug-likeness (QED) is 0.889. The van der Waals surface area contributed by atoms with E-state index in [1.54, 1.807) is 6.26 Å². The average Bonchev–Trinajstić information content (AvgIpc) is 2.84. The number of hydrogen-bond donors (Lipinski definition) is 1. The third-order valence-electron chi connectivity index (χ3n) is 3.11. The molecule has 19 heavy (non-hydrogen) atoms. The van der Waals surface area contributed by atoms with Gasteiger partial charge in [0.15, 0.2) is 0 Å². The molecule has 0 atom stereocenters. The van der Waals surface area contributed by atoms with Crippen LogP contribution in [-0.4, -0.2) is 20.1 Å². The van der Waals surface area contributed by atoms with E-state index in [4.69, 9.17) is 4.42 Å². The molecule has 3 heteroatoms. The van der Waals surface area contributed by atoms with Crippen LogP contribution < -0.4 is 10.2 Å². The molecule has 102 valence electrons. The van der Waals surface area contributed by atoms with E-state index >= 15 is 0 Å². The van der Waals surface area contributed by atoms with Crippen molar-refractivity contribution in [1.82, 2.24) is 5.32 Å². The van der Waals surface area contributed by atoms with E-state index in [1.165, 1.54) is 16.8 Å². The monoisotopic (exact) mass is 258 g/mol. The summed E-state index contributed by atoms with van der Waals surface area (Å²) in [5, 5.41) is 3.39. The molecule has 0 spiro atoms. The summed E-state index contributed by atoms with van der Waals surface area (Å²) in [5.41, 5.74) is 3.56. The van der Waals surface area contributed by atoms with E-state index in [0.717, 1.165) is 12.3 Å². The molecule has 0 amide bonds. The van der Waals surface area contributed by atoms with Gasteiger partial charge in [0.1, 0.15) is 5.76 Å². The molecule has 1 heterocycles. The van der Waals surface area contributed by atoms with Gasteiger partial charge in [-0.15, -0.1) is 0 Å². The fourth-order valence-corrected chi connectivity index (χ4v) is 1.97. The Morgan fingerprint density at radius 3 is 2.37 bits per heavy atom. The highest BCUT2D eigenvalue weighted by molar-refractivity contribution is 5.67. The van der Waals surface area contributed by atoms with Crippen molar-refractivity contribution < 1.29 is 4.42 Å². The lowest BCUT2D eigenvalue weighted by Crippen LogP contribution is -2.21. The Kier molecular flexibility index (Phi) is 4.27. The number of rotatable bonds is 5. The first kappa shape index (κ1) is 13.7. The van der Waals surface area contributed by atoms with Crippen LogP contribution in [0.5, 0.6) is 0 Å². The first-order valence-corrected chi connectivity index (χ1v) is 6.65. The zero-order chi connectivity index (χ0) is 13.8. The molecule has 0 aliphatic rings. The summed E-state index contributed by atoms with van der Waals surface area (Å²) in [7, 11) is 4.09. The summed E-state index contributed by atoms with van der Waals surface area (Å²) in [6, 6.07) is 11.0. The van der Waals surface area contributed by atoms with Crippen molar-refractivity contribution in [2.24, 2.45) is 0 Å². The summed E-state index contributed by atoms with van der Waals surface area (Å²) >= 11 is 0. The first-order valence-electron chi connectivity index (χ1n) is 6.65. The van der Waals surface area contributed by atoms with Crippen molar-refractivity contribution in [2.75, 3.05) is 19.0 Å². The smallest absolute Gasteiger partial charge is 0.125 e. The lowest BCUT2D eigenvalue weighted by molar-refractivity contribution is 0.466. The SMILES string of the molecule is CC(C)NCc1occc1-c1ccc(N(C)C)cc1. The number of anilines is 1. The van der Waals surface area contributed by atoms with Crippen molar-refractivity contribution in [1.29, 1.82) is 0 Å². The minimum absolute atomic E-state index is 0.453. The number of hydrogen-bond acceptors (Lipinski definition) is 3. The van der Waals surface area contributed by atoms with Crippen LogP contribution in [0.3, 0.4) is 0 Å². The molecule has 1 aromatic heterocycles. The molecule has 0 radical (unpaired) electrons. The molecule has 2 rings (SSSR count). The van der Waals surface area contributed by atoms with Gasteiger partial charge < -0.3 is 14.6 Å². The largest absolute Gasteiger partial charge is 0.467 e. The average molecular weight is 258 g/mol. The Balaban J connectivity index is 2.19. The van der Waals surface area contributed by atoms with Gasteiger partial charge in [0.25, 0.3) is 0 Å². The predicted octanol–water partition coefficient (Wildman–Crippen LogP) is 3.51. The molecule has 0 fully saturated rings. The summed E-state index contributed by atoms with van der Waals surface area (Å²) in [4.78, 5) is 2.10. The molecule has 2 aromatic rings. The molecule has 0 aliphatic carbocycles. The molecular weight excluding hydrogens is 236 g/mol. The molecule has 0 saturated carbocycles. The third-order valence-corrected chi connectivity index (χ3v) is 3.11. The minimum atomic E-state index is 0.453. The van der Waals surface area contributed by atoms with Crippen LogP contribution in [0.25, 0.3) is 11.1 Å². The van der Waals surface area contributed by atoms with Crippen LogP contribution in [0.15, 0.2) is 41.0 Å². The van der Waals surface area contributed by atoms with E-state index in [0.29, 0.717) is 6.04 Å².